The van der Waals surface area contributed by atoms with Crippen LogP contribution in [0, 0.1) is 11.6 Å². The summed E-state index contributed by atoms with van der Waals surface area (Å²) >= 11 is 0. The molecule has 2 aliphatic heterocycles. The molecule has 10 heteroatoms. The minimum Gasteiger partial charge on any atom is -0.367 e. The maximum Gasteiger partial charge on any atom is 0.324 e. The molecule has 1 aromatic rings. The van der Waals surface area contributed by atoms with Crippen LogP contribution in [0.5, 0.6) is 0 Å². The van der Waals surface area contributed by atoms with Gasteiger partial charge < -0.3 is 20.9 Å². The second-order valence-electron chi connectivity index (χ2n) is 6.37. The fourth-order valence-electron chi connectivity index (χ4n) is 3.19. The van der Waals surface area contributed by atoms with Crippen molar-refractivity contribution in [1.82, 2.24) is 20.9 Å². The van der Waals surface area contributed by atoms with Gasteiger partial charge in [0.1, 0.15) is 11.6 Å². The molecule has 0 saturated carbocycles. The lowest BCUT2D eigenvalue weighted by Crippen LogP contribution is -2.47. The van der Waals surface area contributed by atoms with Crippen molar-refractivity contribution >= 4 is 23.6 Å². The molecule has 1 aromatic carbocycles. The molecule has 2 aliphatic rings. The first-order valence-electron chi connectivity index (χ1n) is 8.73. The highest BCUT2D eigenvalue weighted by Crippen LogP contribution is 2.24. The number of carbonyl (C=O) groups is 2. The second-order valence-corrected chi connectivity index (χ2v) is 6.37. The van der Waals surface area contributed by atoms with E-state index in [1.807, 2.05) is 4.90 Å². The Morgan fingerprint density at radius 3 is 2.85 bits per heavy atom. The first kappa shape index (κ1) is 18.9. The Hall–Kier alpha value is -2.91. The van der Waals surface area contributed by atoms with Crippen LogP contribution in [0.4, 0.5) is 19.3 Å². The third kappa shape index (κ3) is 4.44. The van der Waals surface area contributed by atoms with Crippen LogP contribution in [0.3, 0.4) is 0 Å². The van der Waals surface area contributed by atoms with Crippen molar-refractivity contribution in [2.24, 2.45) is 4.99 Å². The van der Waals surface area contributed by atoms with Crippen molar-refractivity contribution in [3.05, 3.63) is 29.8 Å². The Labute approximate surface area is 155 Å². The lowest BCUT2D eigenvalue weighted by Gasteiger charge is -2.21. The standard InChI is InChI=1S/C17H22F2N6O2/c1-20-16(21-5-7-25-15(26)9-22-17(25)27)23-12-4-6-24(10-12)14-3-2-11(18)8-13(14)19/h2-3,8,12H,4-7,9-10H2,1H3,(H,22,27)(H2,20,21,23). The number of rotatable bonds is 5. The third-order valence-corrected chi connectivity index (χ3v) is 4.57. The second kappa shape index (κ2) is 8.19. The Bertz CT molecular complexity index is 741. The summed E-state index contributed by atoms with van der Waals surface area (Å²) in [4.78, 5) is 30.2. The highest BCUT2D eigenvalue weighted by atomic mass is 19.1. The average Bonchev–Trinajstić information content (AvgIpc) is 3.22. The van der Waals surface area contributed by atoms with Crippen molar-refractivity contribution in [2.45, 2.75) is 12.5 Å². The molecule has 0 aromatic heterocycles. The summed E-state index contributed by atoms with van der Waals surface area (Å²) in [5.41, 5.74) is 0.377. The van der Waals surface area contributed by atoms with E-state index in [2.05, 4.69) is 20.9 Å². The summed E-state index contributed by atoms with van der Waals surface area (Å²) in [5, 5.41) is 8.76. The Balaban J connectivity index is 1.48. The van der Waals surface area contributed by atoms with Gasteiger partial charge in [-0.25, -0.2) is 13.6 Å². The van der Waals surface area contributed by atoms with Crippen LogP contribution in [-0.4, -0.2) is 68.6 Å². The van der Waals surface area contributed by atoms with Gasteiger partial charge in [0.05, 0.1) is 12.2 Å². The molecule has 8 nitrogen and oxygen atoms in total. The monoisotopic (exact) mass is 380 g/mol. The van der Waals surface area contributed by atoms with Crippen LogP contribution in [0.15, 0.2) is 23.2 Å². The number of nitrogens with one attached hydrogen (secondary N) is 3. The maximum absolute atomic E-state index is 13.9. The van der Waals surface area contributed by atoms with E-state index in [-0.39, 0.29) is 25.0 Å². The van der Waals surface area contributed by atoms with E-state index in [4.69, 9.17) is 0 Å². The maximum atomic E-state index is 13.9. The Morgan fingerprint density at radius 1 is 1.37 bits per heavy atom. The average molecular weight is 380 g/mol. The zero-order chi connectivity index (χ0) is 19.4. The van der Waals surface area contributed by atoms with E-state index in [1.54, 1.807) is 7.05 Å². The van der Waals surface area contributed by atoms with Crippen molar-refractivity contribution in [2.75, 3.05) is 44.7 Å². The number of carbonyl (C=O) groups excluding carboxylic acids is 2. The minimum atomic E-state index is -0.597. The van der Waals surface area contributed by atoms with E-state index in [1.165, 1.54) is 12.1 Å². The number of anilines is 1. The molecule has 2 saturated heterocycles. The van der Waals surface area contributed by atoms with Gasteiger partial charge in [0.25, 0.3) is 0 Å². The molecule has 2 fully saturated rings. The molecule has 3 N–H and O–H groups in total. The van der Waals surface area contributed by atoms with E-state index < -0.39 is 17.7 Å². The summed E-state index contributed by atoms with van der Waals surface area (Å²) < 4.78 is 27.0. The lowest BCUT2D eigenvalue weighted by molar-refractivity contribution is -0.124. The number of imide groups is 1. The van der Waals surface area contributed by atoms with Crippen LogP contribution in [0.1, 0.15) is 6.42 Å². The molecule has 27 heavy (non-hydrogen) atoms. The predicted molar refractivity (Wildman–Crippen MR) is 96.6 cm³/mol. The molecule has 1 atom stereocenters. The molecule has 3 amide bonds. The summed E-state index contributed by atoms with van der Waals surface area (Å²) in [6, 6.07) is 3.22. The molecule has 1 unspecified atom stereocenters. The van der Waals surface area contributed by atoms with Crippen molar-refractivity contribution in [3.8, 4) is 0 Å². The van der Waals surface area contributed by atoms with Crippen LogP contribution < -0.4 is 20.9 Å². The number of urea groups is 1. The molecular weight excluding hydrogens is 358 g/mol. The molecule has 2 heterocycles. The normalized spacial score (nSPS) is 20.3. The highest BCUT2D eigenvalue weighted by molar-refractivity contribution is 6.01. The number of benzene rings is 1. The molecule has 3 rings (SSSR count). The van der Waals surface area contributed by atoms with Gasteiger partial charge in [0.2, 0.25) is 5.91 Å². The minimum absolute atomic E-state index is 0.0314. The molecule has 0 radical (unpaired) electrons. The van der Waals surface area contributed by atoms with Crippen molar-refractivity contribution < 1.29 is 18.4 Å². The first-order valence-corrected chi connectivity index (χ1v) is 8.73. The van der Waals surface area contributed by atoms with Crippen LogP contribution in [0.2, 0.25) is 0 Å². The molecular formula is C17H22F2N6O2. The number of aliphatic imine (C=N–C) groups is 1. The fourth-order valence-corrected chi connectivity index (χ4v) is 3.19. The fraction of sp³-hybridized carbons (Fsp3) is 0.471. The van der Waals surface area contributed by atoms with Gasteiger partial charge in [-0.3, -0.25) is 14.7 Å². The van der Waals surface area contributed by atoms with E-state index in [0.29, 0.717) is 31.3 Å². The van der Waals surface area contributed by atoms with Gasteiger partial charge in [0.15, 0.2) is 5.96 Å². The summed E-state index contributed by atoms with van der Waals surface area (Å²) in [5.74, 6) is -0.891. The summed E-state index contributed by atoms with van der Waals surface area (Å²) in [6.45, 7) is 1.82. The topological polar surface area (TPSA) is 89.1 Å². The van der Waals surface area contributed by atoms with E-state index in [0.717, 1.165) is 17.4 Å². The van der Waals surface area contributed by atoms with Crippen LogP contribution in [-0.2, 0) is 4.79 Å². The molecule has 0 bridgehead atoms. The number of hydrogen-bond acceptors (Lipinski definition) is 4. The smallest absolute Gasteiger partial charge is 0.324 e. The quantitative estimate of drug-likeness (QED) is 0.387. The molecule has 0 aliphatic carbocycles. The van der Waals surface area contributed by atoms with Crippen molar-refractivity contribution in [1.29, 1.82) is 0 Å². The number of hydrogen-bond donors (Lipinski definition) is 3. The largest absolute Gasteiger partial charge is 0.367 e. The molecule has 0 spiro atoms. The lowest BCUT2D eigenvalue weighted by atomic mass is 10.2. The number of guanidine groups is 1. The van der Waals surface area contributed by atoms with Gasteiger partial charge >= 0.3 is 6.03 Å². The Kier molecular flexibility index (Phi) is 5.72. The van der Waals surface area contributed by atoms with Gasteiger partial charge in [-0.05, 0) is 18.6 Å². The van der Waals surface area contributed by atoms with Gasteiger partial charge in [-0.15, -0.1) is 0 Å². The summed E-state index contributed by atoms with van der Waals surface area (Å²) in [6.07, 6.45) is 0.768. The zero-order valence-electron chi connectivity index (χ0n) is 15.0. The first-order chi connectivity index (χ1) is 13.0. The number of amides is 3. The number of nitrogens with zero attached hydrogens (tertiary/aromatic N) is 3. The van der Waals surface area contributed by atoms with Gasteiger partial charge in [0, 0.05) is 45.3 Å². The predicted octanol–water partition coefficient (Wildman–Crippen LogP) is 0.260. The summed E-state index contributed by atoms with van der Waals surface area (Å²) in [7, 11) is 1.62. The van der Waals surface area contributed by atoms with Crippen molar-refractivity contribution in [3.63, 3.8) is 0 Å². The molecule has 146 valence electrons. The van der Waals surface area contributed by atoms with Gasteiger partial charge in [-0.2, -0.15) is 0 Å². The van der Waals surface area contributed by atoms with E-state index in [9.17, 15) is 18.4 Å². The van der Waals surface area contributed by atoms with Gasteiger partial charge in [-0.1, -0.05) is 0 Å². The third-order valence-electron chi connectivity index (χ3n) is 4.57. The Morgan fingerprint density at radius 2 is 2.19 bits per heavy atom. The highest BCUT2D eigenvalue weighted by Gasteiger charge is 2.28. The van der Waals surface area contributed by atoms with Crippen LogP contribution >= 0.6 is 0 Å². The van der Waals surface area contributed by atoms with Crippen LogP contribution in [0.25, 0.3) is 0 Å². The van der Waals surface area contributed by atoms with E-state index >= 15 is 0 Å². The zero-order valence-corrected chi connectivity index (χ0v) is 15.0. The SMILES string of the molecule is CN=C(NCCN1C(=O)CNC1=O)NC1CCN(c2ccc(F)cc2F)C1. The number of halogens is 2.